The van der Waals surface area contributed by atoms with Crippen molar-refractivity contribution in [2.24, 2.45) is 17.1 Å². The van der Waals surface area contributed by atoms with Crippen LogP contribution in [0.3, 0.4) is 0 Å². The van der Waals surface area contributed by atoms with Crippen molar-refractivity contribution in [3.8, 4) is 0 Å². The number of rotatable bonds is 5. The smallest absolute Gasteiger partial charge is 0.0624 e. The molecule has 0 spiro atoms. The first-order valence-electron chi connectivity index (χ1n) is 7.73. The van der Waals surface area contributed by atoms with Crippen LogP contribution in [0.2, 0.25) is 10.0 Å². The van der Waals surface area contributed by atoms with Crippen molar-refractivity contribution in [1.29, 1.82) is 0 Å². The van der Waals surface area contributed by atoms with Gasteiger partial charge in [-0.15, -0.1) is 0 Å². The van der Waals surface area contributed by atoms with E-state index in [1.807, 2.05) is 12.1 Å². The van der Waals surface area contributed by atoms with Crippen LogP contribution < -0.4 is 5.73 Å². The minimum atomic E-state index is 0.221. The van der Waals surface area contributed by atoms with E-state index < -0.39 is 0 Å². The molecule has 0 atom stereocenters. The Bertz CT molecular complexity index is 437. The Hall–Kier alpha value is -0.240. The van der Waals surface area contributed by atoms with E-state index in [2.05, 4.69) is 13.0 Å². The Kier molecular flexibility index (Phi) is 5.77. The Balaban J connectivity index is 2.07. The summed E-state index contributed by atoms with van der Waals surface area (Å²) in [5, 5.41) is 1.36. The summed E-state index contributed by atoms with van der Waals surface area (Å²) < 4.78 is 0. The molecule has 0 radical (unpaired) electrons. The summed E-state index contributed by atoms with van der Waals surface area (Å²) >= 11 is 12.5. The third-order valence-corrected chi connectivity index (χ3v) is 5.75. The zero-order valence-electron chi connectivity index (χ0n) is 12.3. The van der Waals surface area contributed by atoms with Gasteiger partial charge in [-0.3, -0.25) is 0 Å². The van der Waals surface area contributed by atoms with Crippen LogP contribution >= 0.6 is 23.2 Å². The van der Waals surface area contributed by atoms with Gasteiger partial charge in [-0.25, -0.2) is 0 Å². The van der Waals surface area contributed by atoms with Crippen LogP contribution in [-0.2, 0) is 6.42 Å². The molecule has 1 fully saturated rings. The Morgan fingerprint density at radius 3 is 2.55 bits per heavy atom. The molecule has 2 N–H and O–H groups in total. The summed E-state index contributed by atoms with van der Waals surface area (Å²) in [5.74, 6) is 0.898. The van der Waals surface area contributed by atoms with Crippen molar-refractivity contribution in [1.82, 2.24) is 0 Å². The monoisotopic (exact) mass is 313 g/mol. The first-order chi connectivity index (χ1) is 9.60. The molecule has 1 nitrogen and oxygen atoms in total. The molecule has 2 rings (SSSR count). The topological polar surface area (TPSA) is 26.0 Å². The highest BCUT2D eigenvalue weighted by Crippen LogP contribution is 2.43. The van der Waals surface area contributed by atoms with Crippen LogP contribution in [0.1, 0.15) is 51.0 Å². The molecule has 0 aliphatic heterocycles. The standard InChI is InChI=1S/C17H25Cl2N/c1-2-4-13-7-9-17(12-20,10-8-13)11-14-5-3-6-15(18)16(14)19/h3,5-6,13H,2,4,7-12,20H2,1H3. The summed E-state index contributed by atoms with van der Waals surface area (Å²) in [4.78, 5) is 0. The lowest BCUT2D eigenvalue weighted by molar-refractivity contribution is 0.151. The van der Waals surface area contributed by atoms with Crippen LogP contribution in [0.4, 0.5) is 0 Å². The second kappa shape index (κ2) is 7.15. The van der Waals surface area contributed by atoms with E-state index in [1.54, 1.807) is 0 Å². The molecule has 0 unspecified atom stereocenters. The summed E-state index contributed by atoms with van der Waals surface area (Å²) in [7, 11) is 0. The zero-order valence-corrected chi connectivity index (χ0v) is 13.8. The molecule has 0 aromatic heterocycles. The molecule has 0 amide bonds. The van der Waals surface area contributed by atoms with Crippen molar-refractivity contribution in [3.63, 3.8) is 0 Å². The molecule has 1 saturated carbocycles. The molecule has 112 valence electrons. The second-order valence-electron chi connectivity index (χ2n) is 6.33. The maximum absolute atomic E-state index is 6.34. The molecule has 0 saturated heterocycles. The fourth-order valence-electron chi connectivity index (χ4n) is 3.53. The highest BCUT2D eigenvalue weighted by atomic mass is 35.5. The normalized spacial score (nSPS) is 26.7. The minimum Gasteiger partial charge on any atom is -0.330 e. The fourth-order valence-corrected chi connectivity index (χ4v) is 3.92. The van der Waals surface area contributed by atoms with Crippen LogP contribution in [0.15, 0.2) is 18.2 Å². The molecule has 1 aliphatic rings. The fraction of sp³-hybridized carbons (Fsp3) is 0.647. The molecular weight excluding hydrogens is 289 g/mol. The maximum Gasteiger partial charge on any atom is 0.0624 e. The summed E-state index contributed by atoms with van der Waals surface area (Å²) in [6.45, 7) is 3.02. The third kappa shape index (κ3) is 3.69. The van der Waals surface area contributed by atoms with Gasteiger partial charge in [0.15, 0.2) is 0 Å². The predicted octanol–water partition coefficient (Wildman–Crippen LogP) is 5.47. The largest absolute Gasteiger partial charge is 0.330 e. The van der Waals surface area contributed by atoms with Crippen LogP contribution in [0.5, 0.6) is 0 Å². The summed E-state index contributed by atoms with van der Waals surface area (Å²) in [6.07, 6.45) is 8.67. The Morgan fingerprint density at radius 2 is 1.95 bits per heavy atom. The van der Waals surface area contributed by atoms with Gasteiger partial charge in [0.2, 0.25) is 0 Å². The van der Waals surface area contributed by atoms with E-state index in [0.29, 0.717) is 10.0 Å². The van der Waals surface area contributed by atoms with Gasteiger partial charge < -0.3 is 5.73 Å². The molecule has 0 bridgehead atoms. The SMILES string of the molecule is CCCC1CCC(CN)(Cc2cccc(Cl)c2Cl)CC1. The predicted molar refractivity (Wildman–Crippen MR) is 88.5 cm³/mol. The lowest BCUT2D eigenvalue weighted by atomic mass is 9.67. The zero-order chi connectivity index (χ0) is 14.6. The Morgan fingerprint density at radius 1 is 1.25 bits per heavy atom. The van der Waals surface area contributed by atoms with Crippen molar-refractivity contribution in [3.05, 3.63) is 33.8 Å². The van der Waals surface area contributed by atoms with E-state index in [0.717, 1.165) is 24.4 Å². The molecule has 0 heterocycles. The van der Waals surface area contributed by atoms with E-state index in [-0.39, 0.29) is 5.41 Å². The second-order valence-corrected chi connectivity index (χ2v) is 7.11. The third-order valence-electron chi connectivity index (χ3n) is 4.89. The van der Waals surface area contributed by atoms with Crippen molar-refractivity contribution in [2.45, 2.75) is 51.9 Å². The van der Waals surface area contributed by atoms with Crippen LogP contribution in [0, 0.1) is 11.3 Å². The quantitative estimate of drug-likeness (QED) is 0.766. The maximum atomic E-state index is 6.34. The van der Waals surface area contributed by atoms with Gasteiger partial charge in [-0.05, 0) is 61.6 Å². The first kappa shape index (κ1) is 16.1. The van der Waals surface area contributed by atoms with Gasteiger partial charge in [0.1, 0.15) is 0 Å². The van der Waals surface area contributed by atoms with Gasteiger partial charge >= 0.3 is 0 Å². The molecule has 1 aliphatic carbocycles. The summed E-state index contributed by atoms with van der Waals surface area (Å²) in [6, 6.07) is 5.92. The van der Waals surface area contributed by atoms with Gasteiger partial charge in [0, 0.05) is 0 Å². The van der Waals surface area contributed by atoms with Gasteiger partial charge in [-0.1, -0.05) is 55.1 Å². The van der Waals surface area contributed by atoms with Crippen molar-refractivity contribution in [2.75, 3.05) is 6.54 Å². The van der Waals surface area contributed by atoms with E-state index in [1.165, 1.54) is 38.5 Å². The molecular formula is C17H25Cl2N. The molecule has 20 heavy (non-hydrogen) atoms. The summed E-state index contributed by atoms with van der Waals surface area (Å²) in [5.41, 5.74) is 7.49. The number of nitrogens with two attached hydrogens (primary N) is 1. The van der Waals surface area contributed by atoms with Crippen LogP contribution in [-0.4, -0.2) is 6.54 Å². The number of benzene rings is 1. The molecule has 3 heteroatoms. The number of hydrogen-bond donors (Lipinski definition) is 1. The average Bonchev–Trinajstić information content (AvgIpc) is 2.46. The highest BCUT2D eigenvalue weighted by Gasteiger charge is 2.34. The van der Waals surface area contributed by atoms with Crippen LogP contribution in [0.25, 0.3) is 0 Å². The highest BCUT2D eigenvalue weighted by molar-refractivity contribution is 6.42. The van der Waals surface area contributed by atoms with E-state index >= 15 is 0 Å². The average molecular weight is 314 g/mol. The molecule has 1 aromatic carbocycles. The van der Waals surface area contributed by atoms with Gasteiger partial charge in [0.25, 0.3) is 0 Å². The molecule has 1 aromatic rings. The first-order valence-corrected chi connectivity index (χ1v) is 8.49. The minimum absolute atomic E-state index is 0.221. The Labute approximate surface area is 132 Å². The lowest BCUT2D eigenvalue weighted by Gasteiger charge is -2.40. The van der Waals surface area contributed by atoms with Crippen molar-refractivity contribution < 1.29 is 0 Å². The van der Waals surface area contributed by atoms with Gasteiger partial charge in [0.05, 0.1) is 10.0 Å². The number of halogens is 2. The van der Waals surface area contributed by atoms with Gasteiger partial charge in [-0.2, -0.15) is 0 Å². The number of hydrogen-bond acceptors (Lipinski definition) is 1. The van der Waals surface area contributed by atoms with Crippen molar-refractivity contribution >= 4 is 23.2 Å². The van der Waals surface area contributed by atoms with E-state index in [4.69, 9.17) is 28.9 Å². The van der Waals surface area contributed by atoms with E-state index in [9.17, 15) is 0 Å². The lowest BCUT2D eigenvalue weighted by Crippen LogP contribution is -2.37.